The molecular weight excluding hydrogens is 520 g/mol. The number of fused-ring (bicyclic) bond motifs is 3. The molecule has 3 aliphatic rings. The van der Waals surface area contributed by atoms with E-state index >= 15 is 0 Å². The van der Waals surface area contributed by atoms with E-state index in [1.54, 1.807) is 6.07 Å². The number of carbonyl (C=O) groups excluding carboxylic acids is 3. The summed E-state index contributed by atoms with van der Waals surface area (Å²) in [7, 11) is 0. The van der Waals surface area contributed by atoms with Crippen LogP contribution in [0.3, 0.4) is 0 Å². The average Bonchev–Trinajstić information content (AvgIpc) is 2.90. The zero-order chi connectivity index (χ0) is 29.9. The molecule has 0 aromatic heterocycles. The lowest BCUT2D eigenvalue weighted by Crippen LogP contribution is -2.56. The Morgan fingerprint density at radius 2 is 1.73 bits per heavy atom. The van der Waals surface area contributed by atoms with Crippen molar-refractivity contribution in [3.8, 4) is 16.9 Å². The lowest BCUT2D eigenvalue weighted by Gasteiger charge is -2.46. The van der Waals surface area contributed by atoms with Crippen LogP contribution < -0.4 is 4.74 Å². The molecule has 0 spiro atoms. The molecule has 0 amide bonds. The smallest absolute Gasteiger partial charge is 0.209 e. The van der Waals surface area contributed by atoms with Crippen LogP contribution in [-0.4, -0.2) is 44.9 Å². The first-order valence-electron chi connectivity index (χ1n) is 14.4. The quantitative estimate of drug-likeness (QED) is 0.288. The Balaban J connectivity index is 1.66. The van der Waals surface area contributed by atoms with Crippen LogP contribution in [0.1, 0.15) is 81.8 Å². The number of aliphatic hydroxyl groups excluding tert-OH is 2. The largest absolute Gasteiger partial charge is 0.511 e. The summed E-state index contributed by atoms with van der Waals surface area (Å²) < 4.78 is 6.06. The van der Waals surface area contributed by atoms with Gasteiger partial charge in [0, 0.05) is 17.9 Å². The van der Waals surface area contributed by atoms with Gasteiger partial charge in [-0.3, -0.25) is 14.4 Å². The number of rotatable bonds is 6. The molecule has 0 heterocycles. The van der Waals surface area contributed by atoms with E-state index in [1.807, 2.05) is 25.1 Å². The number of carbonyl (C=O) groups is 3. The summed E-state index contributed by atoms with van der Waals surface area (Å²) in [5.41, 5.74) is 1.14. The van der Waals surface area contributed by atoms with Crippen LogP contribution in [0.5, 0.6) is 5.75 Å². The van der Waals surface area contributed by atoms with Crippen LogP contribution in [0.15, 0.2) is 59.1 Å². The molecule has 2 aromatic carbocycles. The molecule has 0 saturated heterocycles. The minimum absolute atomic E-state index is 0.0132. The highest BCUT2D eigenvalue weighted by Crippen LogP contribution is 2.52. The minimum atomic E-state index is -2.45. The Labute approximate surface area is 240 Å². The number of hydrogen-bond donors (Lipinski definition) is 3. The van der Waals surface area contributed by atoms with Crippen molar-refractivity contribution in [2.75, 3.05) is 6.61 Å². The monoisotopic (exact) mass is 558 g/mol. The van der Waals surface area contributed by atoms with Crippen LogP contribution in [0.25, 0.3) is 11.1 Å². The number of benzene rings is 2. The Hall–Kier alpha value is -3.71. The maximum absolute atomic E-state index is 14.2. The van der Waals surface area contributed by atoms with Crippen LogP contribution in [0.2, 0.25) is 0 Å². The molecule has 5 rings (SSSR count). The maximum Gasteiger partial charge on any atom is 0.209 e. The molecule has 3 aliphatic carbocycles. The van der Waals surface area contributed by atoms with Crippen LogP contribution in [-0.2, 0) is 21.4 Å². The lowest BCUT2D eigenvalue weighted by atomic mass is 9.60. The van der Waals surface area contributed by atoms with Crippen molar-refractivity contribution in [1.29, 1.82) is 0 Å². The summed E-state index contributed by atoms with van der Waals surface area (Å²) in [6.45, 7) is 10.0. The van der Waals surface area contributed by atoms with Gasteiger partial charge in [0.1, 0.15) is 22.8 Å². The molecule has 0 radical (unpaired) electrons. The second-order valence-corrected chi connectivity index (χ2v) is 12.6. The van der Waals surface area contributed by atoms with Gasteiger partial charge in [-0.05, 0) is 65.8 Å². The fourth-order valence-corrected chi connectivity index (χ4v) is 6.58. The molecule has 0 aliphatic heterocycles. The zero-order valence-electron chi connectivity index (χ0n) is 24.3. The number of allylic oxidation sites excluding steroid dienone is 2. The summed E-state index contributed by atoms with van der Waals surface area (Å²) in [6.07, 6.45) is 2.14. The highest BCUT2D eigenvalue weighted by atomic mass is 16.5. The number of hydrogen-bond acceptors (Lipinski definition) is 7. The average molecular weight is 559 g/mol. The lowest BCUT2D eigenvalue weighted by molar-refractivity contribution is -0.144. The summed E-state index contributed by atoms with van der Waals surface area (Å²) in [4.78, 5) is 39.7. The predicted octanol–water partition coefficient (Wildman–Crippen LogP) is 6.12. The normalized spacial score (nSPS) is 24.1. The van der Waals surface area contributed by atoms with Crippen LogP contribution >= 0.6 is 0 Å². The molecule has 2 aromatic rings. The molecule has 216 valence electrons. The molecule has 0 saturated carbocycles. The van der Waals surface area contributed by atoms with Crippen molar-refractivity contribution >= 4 is 17.3 Å². The maximum atomic E-state index is 14.2. The van der Waals surface area contributed by atoms with Gasteiger partial charge in [0.15, 0.2) is 17.2 Å². The van der Waals surface area contributed by atoms with E-state index in [4.69, 9.17) is 4.74 Å². The fraction of sp³-hybridized carbons (Fsp3) is 0.441. The molecule has 3 N–H and O–H groups in total. The molecule has 7 heteroatoms. The van der Waals surface area contributed by atoms with Crippen LogP contribution in [0, 0.1) is 11.8 Å². The van der Waals surface area contributed by atoms with Gasteiger partial charge in [0.2, 0.25) is 5.78 Å². The van der Waals surface area contributed by atoms with Gasteiger partial charge in [-0.1, -0.05) is 64.4 Å². The van der Waals surface area contributed by atoms with Crippen molar-refractivity contribution in [2.45, 2.75) is 77.7 Å². The molecule has 7 nitrogen and oxygen atoms in total. The first kappa shape index (κ1) is 28.8. The third kappa shape index (κ3) is 4.60. The van der Waals surface area contributed by atoms with Gasteiger partial charge in [-0.15, -0.1) is 0 Å². The topological polar surface area (TPSA) is 121 Å². The van der Waals surface area contributed by atoms with Crippen molar-refractivity contribution in [3.05, 3.63) is 75.8 Å². The van der Waals surface area contributed by atoms with Crippen molar-refractivity contribution in [1.82, 2.24) is 0 Å². The van der Waals surface area contributed by atoms with Crippen LogP contribution in [0.4, 0.5) is 0 Å². The molecular formula is C34H38O7. The van der Waals surface area contributed by atoms with E-state index in [-0.39, 0.29) is 29.6 Å². The highest BCUT2D eigenvalue weighted by Gasteiger charge is 2.59. The number of ether oxygens (including phenoxy) is 1. The molecule has 0 unspecified atom stereocenters. The number of aliphatic hydroxyl groups is 3. The van der Waals surface area contributed by atoms with Gasteiger partial charge in [-0.25, -0.2) is 0 Å². The second kappa shape index (κ2) is 10.3. The van der Waals surface area contributed by atoms with E-state index in [0.29, 0.717) is 24.3 Å². The molecule has 3 atom stereocenters. The Bertz CT molecular complexity index is 1500. The summed E-state index contributed by atoms with van der Waals surface area (Å²) in [5, 5.41) is 33.6. The molecule has 41 heavy (non-hydrogen) atoms. The number of unbranched alkanes of at least 4 members (excludes halogenated alkanes) is 1. The first-order chi connectivity index (χ1) is 19.3. The summed E-state index contributed by atoms with van der Waals surface area (Å²) in [6, 6.07) is 12.0. The van der Waals surface area contributed by atoms with Crippen molar-refractivity contribution < 1.29 is 34.4 Å². The van der Waals surface area contributed by atoms with E-state index in [0.717, 1.165) is 36.5 Å². The Morgan fingerprint density at radius 1 is 1.05 bits per heavy atom. The van der Waals surface area contributed by atoms with Gasteiger partial charge in [-0.2, -0.15) is 0 Å². The summed E-state index contributed by atoms with van der Waals surface area (Å²) in [5.74, 6) is -4.32. The highest BCUT2D eigenvalue weighted by molar-refractivity contribution is 6.25. The number of ketones is 3. The number of Topliss-reactive ketones (excluding diaryl/α,β-unsaturated/α-hetero) is 3. The molecule has 0 bridgehead atoms. The Morgan fingerprint density at radius 3 is 2.34 bits per heavy atom. The third-order valence-electron chi connectivity index (χ3n) is 8.85. The van der Waals surface area contributed by atoms with E-state index < -0.39 is 46.1 Å². The predicted molar refractivity (Wildman–Crippen MR) is 155 cm³/mol. The minimum Gasteiger partial charge on any atom is -0.511 e. The summed E-state index contributed by atoms with van der Waals surface area (Å²) >= 11 is 0. The third-order valence-corrected chi connectivity index (χ3v) is 8.85. The van der Waals surface area contributed by atoms with E-state index in [1.165, 1.54) is 5.56 Å². The van der Waals surface area contributed by atoms with Gasteiger partial charge >= 0.3 is 0 Å². The van der Waals surface area contributed by atoms with Crippen molar-refractivity contribution in [3.63, 3.8) is 0 Å². The Kier molecular flexibility index (Phi) is 7.23. The fourth-order valence-electron chi connectivity index (χ4n) is 6.58. The second-order valence-electron chi connectivity index (χ2n) is 12.6. The standard InChI is InChI=1S/C34H38O7/c1-6-7-14-41-26-13-12-23(19-8-10-21(11-9-19)33(3,4)5)24-16-20-15-22-17-25(36)27(18(2)35)31(38)34(22,40)32(39)28(20)30(37)29(24)26/h8-13,20,22,36,39-40H,6-7,14-17H2,1-5H3/t20-,22+,34-/m1/s1. The zero-order valence-corrected chi connectivity index (χ0v) is 24.3. The van der Waals surface area contributed by atoms with E-state index in [2.05, 4.69) is 32.9 Å². The molecule has 0 fully saturated rings. The van der Waals surface area contributed by atoms with Gasteiger partial charge < -0.3 is 20.1 Å². The van der Waals surface area contributed by atoms with Crippen molar-refractivity contribution in [2.24, 2.45) is 11.8 Å². The van der Waals surface area contributed by atoms with E-state index in [9.17, 15) is 29.7 Å². The van der Waals surface area contributed by atoms with Gasteiger partial charge in [0.05, 0.1) is 12.2 Å². The first-order valence-corrected chi connectivity index (χ1v) is 14.4. The van der Waals surface area contributed by atoms with Gasteiger partial charge in [0.25, 0.3) is 0 Å². The SMILES string of the molecule is CCCCOc1ccc(-c2ccc(C(C)(C)C)cc2)c2c1C(=O)C1=C(O)[C@]3(O)C(=O)C(C(C)=O)=C(O)C[C@@H]3C[C@@H]1C2.